The first-order chi connectivity index (χ1) is 12.5. The van der Waals surface area contributed by atoms with Gasteiger partial charge in [-0.25, -0.2) is 9.97 Å². The number of hydrogen-bond donors (Lipinski definition) is 1. The first kappa shape index (κ1) is 17.6. The highest BCUT2D eigenvalue weighted by molar-refractivity contribution is 5.94. The van der Waals surface area contributed by atoms with Crippen LogP contribution in [-0.2, 0) is 6.54 Å². The molecule has 0 aliphatic carbocycles. The van der Waals surface area contributed by atoms with Crippen molar-refractivity contribution in [3.63, 3.8) is 0 Å². The Kier molecular flexibility index (Phi) is 5.26. The highest BCUT2D eigenvalue weighted by atomic mass is 16.5. The molecule has 134 valence electrons. The summed E-state index contributed by atoms with van der Waals surface area (Å²) in [5, 5.41) is 7.38. The Morgan fingerprint density at radius 1 is 1.12 bits per heavy atom. The quantitative estimate of drug-likeness (QED) is 0.738. The van der Waals surface area contributed by atoms with Crippen molar-refractivity contribution in [1.82, 2.24) is 25.1 Å². The van der Waals surface area contributed by atoms with Gasteiger partial charge in [0.1, 0.15) is 5.75 Å². The van der Waals surface area contributed by atoms with Crippen molar-refractivity contribution in [3.8, 4) is 11.8 Å². The fourth-order valence-corrected chi connectivity index (χ4v) is 2.50. The van der Waals surface area contributed by atoms with Crippen molar-refractivity contribution in [1.29, 1.82) is 0 Å². The molecule has 0 radical (unpaired) electrons. The normalized spacial score (nSPS) is 10.6. The van der Waals surface area contributed by atoms with Crippen molar-refractivity contribution in [2.45, 2.75) is 27.3 Å². The first-order valence-electron chi connectivity index (χ1n) is 8.38. The fourth-order valence-electron chi connectivity index (χ4n) is 2.50. The van der Waals surface area contributed by atoms with E-state index in [1.165, 1.54) is 5.56 Å². The van der Waals surface area contributed by atoms with Crippen molar-refractivity contribution in [2.75, 3.05) is 6.54 Å². The van der Waals surface area contributed by atoms with Gasteiger partial charge in [-0.05, 0) is 56.7 Å². The molecule has 0 saturated carbocycles. The van der Waals surface area contributed by atoms with Crippen LogP contribution >= 0.6 is 0 Å². The molecule has 7 heteroatoms. The summed E-state index contributed by atoms with van der Waals surface area (Å²) in [7, 11) is 0. The molecule has 3 rings (SSSR count). The average molecular weight is 351 g/mol. The third-order valence-electron chi connectivity index (χ3n) is 4.22. The van der Waals surface area contributed by atoms with Crippen LogP contribution < -0.4 is 10.1 Å². The van der Waals surface area contributed by atoms with E-state index in [1.54, 1.807) is 42.7 Å². The van der Waals surface area contributed by atoms with Crippen LogP contribution in [-0.4, -0.2) is 32.2 Å². The van der Waals surface area contributed by atoms with Crippen molar-refractivity contribution >= 4 is 5.91 Å². The number of hydrogen-bond acceptors (Lipinski definition) is 5. The van der Waals surface area contributed by atoms with E-state index >= 15 is 0 Å². The maximum atomic E-state index is 12.3. The molecule has 7 nitrogen and oxygen atoms in total. The van der Waals surface area contributed by atoms with Crippen LogP contribution in [0.1, 0.15) is 27.3 Å². The monoisotopic (exact) mass is 351 g/mol. The van der Waals surface area contributed by atoms with E-state index in [0.29, 0.717) is 24.4 Å². The number of nitrogens with zero attached hydrogens (tertiary/aromatic N) is 4. The zero-order valence-corrected chi connectivity index (χ0v) is 15.1. The summed E-state index contributed by atoms with van der Waals surface area (Å²) in [5.41, 5.74) is 3.90. The topological polar surface area (TPSA) is 81.9 Å². The molecular formula is C19H21N5O2. The van der Waals surface area contributed by atoms with Gasteiger partial charge in [0.05, 0.1) is 12.2 Å². The molecule has 0 aliphatic heterocycles. The van der Waals surface area contributed by atoms with Gasteiger partial charge >= 0.3 is 6.01 Å². The Morgan fingerprint density at radius 2 is 1.81 bits per heavy atom. The number of aromatic nitrogens is 4. The predicted molar refractivity (Wildman–Crippen MR) is 97.3 cm³/mol. The summed E-state index contributed by atoms with van der Waals surface area (Å²) in [6, 6.07) is 8.84. The molecular weight excluding hydrogens is 330 g/mol. The SMILES string of the molecule is Cc1nn(CCNC(=O)c2ccc(Oc3ncccn3)cc2)c(C)c1C. The van der Waals surface area contributed by atoms with Gasteiger partial charge in [0.2, 0.25) is 0 Å². The number of nitrogens with one attached hydrogen (secondary N) is 1. The Labute approximate surface area is 152 Å². The van der Waals surface area contributed by atoms with E-state index in [0.717, 1.165) is 11.4 Å². The third-order valence-corrected chi connectivity index (χ3v) is 4.22. The lowest BCUT2D eigenvalue weighted by atomic mass is 10.2. The van der Waals surface area contributed by atoms with Crippen molar-refractivity contribution in [3.05, 3.63) is 65.2 Å². The van der Waals surface area contributed by atoms with Gasteiger partial charge in [0, 0.05) is 30.2 Å². The number of aryl methyl sites for hydroxylation is 1. The van der Waals surface area contributed by atoms with E-state index in [4.69, 9.17) is 4.74 Å². The van der Waals surface area contributed by atoms with Gasteiger partial charge in [-0.15, -0.1) is 0 Å². The first-order valence-corrected chi connectivity index (χ1v) is 8.38. The van der Waals surface area contributed by atoms with E-state index < -0.39 is 0 Å². The number of carbonyl (C=O) groups is 1. The van der Waals surface area contributed by atoms with Crippen LogP contribution in [0.3, 0.4) is 0 Å². The molecule has 0 spiro atoms. The molecule has 0 aliphatic rings. The number of benzene rings is 1. The smallest absolute Gasteiger partial charge is 0.321 e. The second-order valence-electron chi connectivity index (χ2n) is 5.93. The molecule has 0 unspecified atom stereocenters. The molecule has 0 bridgehead atoms. The molecule has 0 saturated heterocycles. The van der Waals surface area contributed by atoms with Gasteiger partial charge in [-0.2, -0.15) is 5.10 Å². The van der Waals surface area contributed by atoms with E-state index in [1.807, 2.05) is 18.5 Å². The van der Waals surface area contributed by atoms with Crippen molar-refractivity contribution in [2.24, 2.45) is 0 Å². The standard InChI is InChI=1S/C19H21N5O2/c1-13-14(2)23-24(15(13)3)12-11-20-18(25)16-5-7-17(8-6-16)26-19-21-9-4-10-22-19/h4-10H,11-12H2,1-3H3,(H,20,25). The maximum absolute atomic E-state index is 12.3. The second-order valence-corrected chi connectivity index (χ2v) is 5.93. The second kappa shape index (κ2) is 7.77. The summed E-state index contributed by atoms with van der Waals surface area (Å²) < 4.78 is 7.43. The Bertz CT molecular complexity index is 888. The van der Waals surface area contributed by atoms with Crippen molar-refractivity contribution < 1.29 is 9.53 Å². The molecule has 1 aromatic carbocycles. The lowest BCUT2D eigenvalue weighted by Gasteiger charge is -2.08. The highest BCUT2D eigenvalue weighted by Crippen LogP contribution is 2.17. The minimum absolute atomic E-state index is 0.134. The summed E-state index contributed by atoms with van der Waals surface area (Å²) in [6.07, 6.45) is 3.21. The van der Waals surface area contributed by atoms with Gasteiger partial charge in [-0.1, -0.05) is 0 Å². The molecule has 2 heterocycles. The molecule has 1 amide bonds. The predicted octanol–water partition coefficient (Wildman–Crippen LogP) is 2.82. The van der Waals surface area contributed by atoms with E-state index in [-0.39, 0.29) is 11.9 Å². The third kappa shape index (κ3) is 4.05. The van der Waals surface area contributed by atoms with Crippen LogP contribution in [0.5, 0.6) is 11.8 Å². The number of ether oxygens (including phenoxy) is 1. The molecule has 2 aromatic heterocycles. The lowest BCUT2D eigenvalue weighted by molar-refractivity contribution is 0.0952. The van der Waals surface area contributed by atoms with E-state index in [9.17, 15) is 4.79 Å². The minimum atomic E-state index is -0.134. The number of carbonyl (C=O) groups excluding carboxylic acids is 1. The molecule has 0 fully saturated rings. The van der Waals surface area contributed by atoms with Crippen LogP contribution in [0.15, 0.2) is 42.7 Å². The lowest BCUT2D eigenvalue weighted by Crippen LogP contribution is -2.27. The molecule has 26 heavy (non-hydrogen) atoms. The van der Waals surface area contributed by atoms with Gasteiger partial charge in [-0.3, -0.25) is 9.48 Å². The summed E-state index contributed by atoms with van der Waals surface area (Å²) >= 11 is 0. The Morgan fingerprint density at radius 3 is 2.42 bits per heavy atom. The summed E-state index contributed by atoms with van der Waals surface area (Å²) in [6.45, 7) is 7.22. The Balaban J connectivity index is 1.54. The zero-order valence-electron chi connectivity index (χ0n) is 15.1. The van der Waals surface area contributed by atoms with E-state index in [2.05, 4.69) is 27.3 Å². The molecule has 3 aromatic rings. The fraction of sp³-hybridized carbons (Fsp3) is 0.263. The highest BCUT2D eigenvalue weighted by Gasteiger charge is 2.09. The van der Waals surface area contributed by atoms with Crippen LogP contribution in [0, 0.1) is 20.8 Å². The summed E-state index contributed by atoms with van der Waals surface area (Å²) in [4.78, 5) is 20.2. The van der Waals surface area contributed by atoms with Gasteiger partial charge in [0.15, 0.2) is 0 Å². The Hall–Kier alpha value is -3.22. The van der Waals surface area contributed by atoms with Gasteiger partial charge < -0.3 is 10.1 Å². The minimum Gasteiger partial charge on any atom is -0.424 e. The average Bonchev–Trinajstić information content (AvgIpc) is 2.90. The van der Waals surface area contributed by atoms with Gasteiger partial charge in [0.25, 0.3) is 5.91 Å². The largest absolute Gasteiger partial charge is 0.424 e. The van der Waals surface area contributed by atoms with Crippen LogP contribution in [0.4, 0.5) is 0 Å². The number of amides is 1. The molecule has 1 N–H and O–H groups in total. The van der Waals surface area contributed by atoms with Crippen LogP contribution in [0.25, 0.3) is 0 Å². The molecule has 0 atom stereocenters. The zero-order chi connectivity index (χ0) is 18.5. The summed E-state index contributed by atoms with van der Waals surface area (Å²) in [5.74, 6) is 0.441. The number of rotatable bonds is 6. The van der Waals surface area contributed by atoms with Crippen LogP contribution in [0.2, 0.25) is 0 Å². The maximum Gasteiger partial charge on any atom is 0.321 e.